The number of carboxylic acids is 1. The van der Waals surface area contributed by atoms with Gasteiger partial charge in [-0.15, -0.1) is 0 Å². The Morgan fingerprint density at radius 2 is 2.07 bits per heavy atom. The Kier molecular flexibility index (Phi) is 6.07. The Morgan fingerprint density at radius 3 is 2.87 bits per heavy atom. The van der Waals surface area contributed by atoms with Gasteiger partial charge < -0.3 is 14.9 Å². The number of carboxylic acid groups (broad SMARTS) is 1. The predicted molar refractivity (Wildman–Crippen MR) is 113 cm³/mol. The largest absolute Gasteiger partial charge is 0.481 e. The molecule has 1 aliphatic rings. The molecule has 0 amide bonds. The van der Waals surface area contributed by atoms with Crippen molar-refractivity contribution in [2.45, 2.75) is 51.4 Å². The van der Waals surface area contributed by atoms with E-state index in [-0.39, 0.29) is 12.3 Å². The SMILES string of the molecule is Cc1nc2c(cc1CCc1noc(C(CCC(=O)O)c3ccccc3)n1)CCCN2. The normalized spacial score (nSPS) is 14.0. The quantitative estimate of drug-likeness (QED) is 0.585. The summed E-state index contributed by atoms with van der Waals surface area (Å²) >= 11 is 0. The van der Waals surface area contributed by atoms with E-state index in [0.717, 1.165) is 42.9 Å². The summed E-state index contributed by atoms with van der Waals surface area (Å²) in [7, 11) is 0. The number of carbonyl (C=O) groups is 1. The van der Waals surface area contributed by atoms with E-state index in [1.54, 1.807) is 0 Å². The van der Waals surface area contributed by atoms with Gasteiger partial charge in [-0.05, 0) is 49.3 Å². The van der Waals surface area contributed by atoms with Crippen LogP contribution in [0.5, 0.6) is 0 Å². The smallest absolute Gasteiger partial charge is 0.303 e. The number of aryl methyl sites for hydroxylation is 4. The van der Waals surface area contributed by atoms with E-state index in [4.69, 9.17) is 14.6 Å². The molecule has 7 nitrogen and oxygen atoms in total. The van der Waals surface area contributed by atoms with Crippen LogP contribution in [-0.4, -0.2) is 32.7 Å². The van der Waals surface area contributed by atoms with E-state index in [2.05, 4.69) is 21.5 Å². The molecular formula is C23H26N4O3. The number of fused-ring (bicyclic) bond motifs is 1. The van der Waals surface area contributed by atoms with Crippen molar-refractivity contribution in [1.29, 1.82) is 0 Å². The zero-order valence-corrected chi connectivity index (χ0v) is 17.1. The summed E-state index contributed by atoms with van der Waals surface area (Å²) in [5.74, 6) is 1.06. The van der Waals surface area contributed by atoms with Crippen molar-refractivity contribution < 1.29 is 14.4 Å². The first-order chi connectivity index (χ1) is 14.6. The fraction of sp³-hybridized carbons (Fsp3) is 0.391. The van der Waals surface area contributed by atoms with Crippen LogP contribution in [0.2, 0.25) is 0 Å². The molecular weight excluding hydrogens is 380 g/mol. The lowest BCUT2D eigenvalue weighted by molar-refractivity contribution is -0.137. The van der Waals surface area contributed by atoms with E-state index >= 15 is 0 Å². The van der Waals surface area contributed by atoms with Crippen molar-refractivity contribution in [1.82, 2.24) is 15.1 Å². The van der Waals surface area contributed by atoms with Crippen molar-refractivity contribution in [2.75, 3.05) is 11.9 Å². The standard InChI is InChI=1S/C23H26N4O3/c1-15-17(14-18-8-5-13-24-22(18)25-15)9-11-20-26-23(30-27-20)19(10-12-21(28)29)16-6-3-2-4-7-16/h2-4,6-7,14,19H,5,8-13H2,1H3,(H,24,25)(H,28,29). The number of aliphatic carboxylic acids is 1. The molecule has 1 atom stereocenters. The fourth-order valence-corrected chi connectivity index (χ4v) is 3.92. The molecule has 0 spiro atoms. The molecule has 1 unspecified atom stereocenters. The minimum Gasteiger partial charge on any atom is -0.481 e. The highest BCUT2D eigenvalue weighted by Gasteiger charge is 2.22. The van der Waals surface area contributed by atoms with Gasteiger partial charge >= 0.3 is 5.97 Å². The minimum absolute atomic E-state index is 0.0469. The van der Waals surface area contributed by atoms with Crippen LogP contribution in [0.4, 0.5) is 5.82 Å². The number of pyridine rings is 1. The van der Waals surface area contributed by atoms with Gasteiger partial charge in [-0.1, -0.05) is 41.6 Å². The van der Waals surface area contributed by atoms with Crippen molar-refractivity contribution in [2.24, 2.45) is 0 Å². The van der Waals surface area contributed by atoms with Gasteiger partial charge in [0.25, 0.3) is 0 Å². The molecule has 2 N–H and O–H groups in total. The van der Waals surface area contributed by atoms with Crippen LogP contribution in [0.25, 0.3) is 0 Å². The molecule has 156 valence electrons. The van der Waals surface area contributed by atoms with Crippen molar-refractivity contribution >= 4 is 11.8 Å². The van der Waals surface area contributed by atoms with E-state index in [0.29, 0.717) is 24.6 Å². The summed E-state index contributed by atoms with van der Waals surface area (Å²) in [4.78, 5) is 20.4. The summed E-state index contributed by atoms with van der Waals surface area (Å²) in [5, 5.41) is 16.6. The fourth-order valence-electron chi connectivity index (χ4n) is 3.92. The van der Waals surface area contributed by atoms with Crippen LogP contribution in [0.15, 0.2) is 40.9 Å². The Bertz CT molecular complexity index is 1020. The van der Waals surface area contributed by atoms with E-state index in [9.17, 15) is 4.79 Å². The Balaban J connectivity index is 1.48. The maximum absolute atomic E-state index is 11.1. The molecule has 2 aromatic heterocycles. The number of rotatable bonds is 8. The predicted octanol–water partition coefficient (Wildman–Crippen LogP) is 3.91. The number of nitrogens with zero attached hydrogens (tertiary/aromatic N) is 3. The molecule has 7 heteroatoms. The summed E-state index contributed by atoms with van der Waals surface area (Å²) in [6, 6.07) is 12.0. The minimum atomic E-state index is -0.833. The Hall–Kier alpha value is -3.22. The van der Waals surface area contributed by atoms with E-state index < -0.39 is 5.97 Å². The molecule has 3 aromatic rings. The van der Waals surface area contributed by atoms with Gasteiger partial charge in [0.1, 0.15) is 5.82 Å². The maximum Gasteiger partial charge on any atom is 0.303 e. The van der Waals surface area contributed by atoms with Crippen molar-refractivity contribution in [3.8, 4) is 0 Å². The van der Waals surface area contributed by atoms with E-state index in [1.165, 1.54) is 11.1 Å². The first-order valence-corrected chi connectivity index (χ1v) is 10.4. The Morgan fingerprint density at radius 1 is 1.23 bits per heavy atom. The number of benzene rings is 1. The summed E-state index contributed by atoms with van der Waals surface area (Å²) < 4.78 is 5.54. The highest BCUT2D eigenvalue weighted by molar-refractivity contribution is 5.66. The third-order valence-corrected chi connectivity index (χ3v) is 5.56. The van der Waals surface area contributed by atoms with Gasteiger partial charge in [-0.2, -0.15) is 4.98 Å². The second kappa shape index (κ2) is 9.07. The lowest BCUT2D eigenvalue weighted by atomic mass is 9.94. The highest BCUT2D eigenvalue weighted by atomic mass is 16.5. The van der Waals surface area contributed by atoms with Crippen LogP contribution in [-0.2, 0) is 24.1 Å². The van der Waals surface area contributed by atoms with Gasteiger partial charge in [0, 0.05) is 25.1 Å². The third kappa shape index (κ3) is 4.67. The highest BCUT2D eigenvalue weighted by Crippen LogP contribution is 2.28. The first kappa shape index (κ1) is 20.1. The van der Waals surface area contributed by atoms with Gasteiger partial charge in [-0.3, -0.25) is 4.79 Å². The molecule has 0 aliphatic carbocycles. The van der Waals surface area contributed by atoms with Gasteiger partial charge in [0.2, 0.25) is 5.89 Å². The number of aromatic nitrogens is 3. The van der Waals surface area contributed by atoms with Crippen LogP contribution in [0.1, 0.15) is 59.3 Å². The molecule has 0 radical (unpaired) electrons. The topological polar surface area (TPSA) is 101 Å². The molecule has 0 fully saturated rings. The second-order valence-corrected chi connectivity index (χ2v) is 7.72. The maximum atomic E-state index is 11.1. The average Bonchev–Trinajstić information content (AvgIpc) is 3.21. The molecule has 4 rings (SSSR count). The molecule has 3 heterocycles. The molecule has 1 aliphatic heterocycles. The van der Waals surface area contributed by atoms with Gasteiger partial charge in [0.15, 0.2) is 5.82 Å². The second-order valence-electron chi connectivity index (χ2n) is 7.72. The number of hydrogen-bond donors (Lipinski definition) is 2. The zero-order valence-electron chi connectivity index (χ0n) is 17.1. The third-order valence-electron chi connectivity index (χ3n) is 5.56. The van der Waals surface area contributed by atoms with Gasteiger partial charge in [0.05, 0.1) is 5.92 Å². The van der Waals surface area contributed by atoms with Crippen LogP contribution in [0, 0.1) is 6.92 Å². The molecule has 0 saturated heterocycles. The Labute approximate surface area is 175 Å². The van der Waals surface area contributed by atoms with Crippen LogP contribution < -0.4 is 5.32 Å². The van der Waals surface area contributed by atoms with Crippen molar-refractivity contribution in [3.63, 3.8) is 0 Å². The zero-order chi connectivity index (χ0) is 20.9. The van der Waals surface area contributed by atoms with Crippen LogP contribution >= 0.6 is 0 Å². The average molecular weight is 406 g/mol. The van der Waals surface area contributed by atoms with Crippen molar-refractivity contribution in [3.05, 3.63) is 70.5 Å². The number of hydrogen-bond acceptors (Lipinski definition) is 6. The summed E-state index contributed by atoms with van der Waals surface area (Å²) in [6.07, 6.45) is 4.09. The van der Waals surface area contributed by atoms with Crippen LogP contribution in [0.3, 0.4) is 0 Å². The molecule has 1 aromatic carbocycles. The summed E-state index contributed by atoms with van der Waals surface area (Å²) in [5.41, 5.74) is 4.48. The lowest BCUT2D eigenvalue weighted by Gasteiger charge is -2.19. The summed E-state index contributed by atoms with van der Waals surface area (Å²) in [6.45, 7) is 3.01. The van der Waals surface area contributed by atoms with Gasteiger partial charge in [-0.25, -0.2) is 4.98 Å². The first-order valence-electron chi connectivity index (χ1n) is 10.4. The molecule has 0 saturated carbocycles. The molecule has 30 heavy (non-hydrogen) atoms. The number of nitrogens with one attached hydrogen (secondary N) is 1. The monoisotopic (exact) mass is 406 g/mol. The molecule has 0 bridgehead atoms. The number of anilines is 1. The van der Waals surface area contributed by atoms with E-state index in [1.807, 2.05) is 37.3 Å². The lowest BCUT2D eigenvalue weighted by Crippen LogP contribution is -2.15.